The minimum absolute atomic E-state index is 0.00105. The fraction of sp³-hybridized carbons (Fsp3) is 0.118. The summed E-state index contributed by atoms with van der Waals surface area (Å²) in [4.78, 5) is 0. The summed E-state index contributed by atoms with van der Waals surface area (Å²) in [5.41, 5.74) is 9.38. The van der Waals surface area contributed by atoms with Crippen LogP contribution in [0.15, 0.2) is 51.7 Å². The van der Waals surface area contributed by atoms with Gasteiger partial charge in [-0.15, -0.1) is 5.10 Å². The van der Waals surface area contributed by atoms with Crippen LogP contribution in [0.25, 0.3) is 0 Å². The van der Waals surface area contributed by atoms with E-state index in [1.165, 1.54) is 38.8 Å². The third kappa shape index (κ3) is 5.13. The van der Waals surface area contributed by atoms with Crippen molar-refractivity contribution < 1.29 is 19.7 Å². The van der Waals surface area contributed by atoms with Crippen LogP contribution in [0.2, 0.25) is 0 Å². The van der Waals surface area contributed by atoms with Gasteiger partial charge in [0.25, 0.3) is 0 Å². The Balaban J connectivity index is 1.93. The maximum absolute atomic E-state index is 9.68. The number of phenols is 2. The number of nitrogens with two attached hydrogens (primary N) is 1. The molecule has 0 spiro atoms. The van der Waals surface area contributed by atoms with E-state index in [1.807, 2.05) is 0 Å². The minimum atomic E-state index is -0.0343. The highest BCUT2D eigenvalue weighted by Gasteiger charge is 2.01. The Morgan fingerprint density at radius 3 is 2.00 bits per heavy atom. The molecule has 5 N–H and O–H groups in total. The van der Waals surface area contributed by atoms with Crippen LogP contribution in [0.5, 0.6) is 23.0 Å². The lowest BCUT2D eigenvalue weighted by Crippen LogP contribution is -2.26. The zero-order valence-electron chi connectivity index (χ0n) is 14.2. The fourth-order valence-electron chi connectivity index (χ4n) is 1.93. The van der Waals surface area contributed by atoms with Gasteiger partial charge in [-0.1, -0.05) is 0 Å². The lowest BCUT2D eigenvalue weighted by Gasteiger charge is -2.03. The maximum atomic E-state index is 9.68. The molecule has 0 unspecified atom stereocenters. The molecule has 0 aliphatic carbocycles. The Morgan fingerprint density at radius 2 is 1.50 bits per heavy atom. The van der Waals surface area contributed by atoms with Gasteiger partial charge in [0.1, 0.15) is 0 Å². The number of phenolic OH excluding ortho intramolecular Hbond substituents is 2. The van der Waals surface area contributed by atoms with E-state index in [4.69, 9.17) is 15.2 Å². The highest BCUT2D eigenvalue weighted by atomic mass is 16.5. The summed E-state index contributed by atoms with van der Waals surface area (Å²) in [6.45, 7) is 0. The number of guanidine groups is 1. The van der Waals surface area contributed by atoms with Gasteiger partial charge in [0.15, 0.2) is 23.0 Å². The second-order valence-corrected chi connectivity index (χ2v) is 4.96. The number of rotatable bonds is 6. The number of ether oxygens (including phenoxy) is 2. The van der Waals surface area contributed by atoms with Gasteiger partial charge in [-0.2, -0.15) is 10.2 Å². The Labute approximate surface area is 150 Å². The number of hydrogen-bond donors (Lipinski definition) is 4. The molecule has 2 rings (SSSR count). The van der Waals surface area contributed by atoms with E-state index >= 15 is 0 Å². The normalized spacial score (nSPS) is 11.8. The van der Waals surface area contributed by atoms with E-state index in [-0.39, 0.29) is 17.5 Å². The van der Waals surface area contributed by atoms with Crippen molar-refractivity contribution >= 4 is 18.4 Å². The minimum Gasteiger partial charge on any atom is -0.504 e. The zero-order chi connectivity index (χ0) is 18.9. The lowest BCUT2D eigenvalue weighted by atomic mass is 10.2. The predicted octanol–water partition coefficient (Wildman–Crippen LogP) is 1.39. The summed E-state index contributed by atoms with van der Waals surface area (Å²) in [5.74, 6) is 0.707. The first-order valence-electron chi connectivity index (χ1n) is 7.43. The first-order chi connectivity index (χ1) is 12.5. The Morgan fingerprint density at radius 1 is 0.962 bits per heavy atom. The van der Waals surface area contributed by atoms with Gasteiger partial charge >= 0.3 is 0 Å². The molecule has 2 aromatic rings. The van der Waals surface area contributed by atoms with Crippen LogP contribution in [-0.4, -0.2) is 42.8 Å². The molecule has 0 saturated heterocycles. The van der Waals surface area contributed by atoms with Crippen molar-refractivity contribution in [2.24, 2.45) is 21.0 Å². The molecule has 9 nitrogen and oxygen atoms in total. The first-order valence-corrected chi connectivity index (χ1v) is 7.43. The highest BCUT2D eigenvalue weighted by molar-refractivity contribution is 5.85. The molecule has 0 saturated carbocycles. The van der Waals surface area contributed by atoms with Crippen molar-refractivity contribution in [3.05, 3.63) is 47.5 Å². The van der Waals surface area contributed by atoms with Crippen LogP contribution in [0, 0.1) is 0 Å². The maximum Gasteiger partial charge on any atom is 0.234 e. The molecule has 9 heteroatoms. The zero-order valence-corrected chi connectivity index (χ0v) is 14.2. The average molecular weight is 357 g/mol. The van der Waals surface area contributed by atoms with Crippen LogP contribution in [0.4, 0.5) is 0 Å². The summed E-state index contributed by atoms with van der Waals surface area (Å²) < 4.78 is 9.91. The fourth-order valence-corrected chi connectivity index (χ4v) is 1.93. The van der Waals surface area contributed by atoms with Crippen molar-refractivity contribution in [1.82, 2.24) is 5.43 Å². The summed E-state index contributed by atoms with van der Waals surface area (Å²) in [6, 6.07) is 9.61. The molecule has 0 heterocycles. The molecule has 26 heavy (non-hydrogen) atoms. The summed E-state index contributed by atoms with van der Waals surface area (Å²) >= 11 is 0. The van der Waals surface area contributed by atoms with E-state index in [0.717, 1.165) is 0 Å². The Bertz CT molecular complexity index is 849. The van der Waals surface area contributed by atoms with Crippen molar-refractivity contribution in [3.8, 4) is 23.0 Å². The van der Waals surface area contributed by atoms with Gasteiger partial charge < -0.3 is 25.4 Å². The number of nitrogens with one attached hydrogen (secondary N) is 1. The quantitative estimate of drug-likeness (QED) is 0.351. The molecule has 0 aliphatic heterocycles. The predicted molar refractivity (Wildman–Crippen MR) is 99.3 cm³/mol. The number of nitrogens with zero attached hydrogens (tertiary/aromatic N) is 3. The van der Waals surface area contributed by atoms with E-state index in [0.29, 0.717) is 22.6 Å². The number of benzene rings is 2. The van der Waals surface area contributed by atoms with Crippen LogP contribution >= 0.6 is 0 Å². The summed E-state index contributed by atoms with van der Waals surface area (Å²) in [6.07, 6.45) is 2.87. The number of hydrazone groups is 1. The van der Waals surface area contributed by atoms with Crippen molar-refractivity contribution in [2.75, 3.05) is 14.2 Å². The third-order valence-electron chi connectivity index (χ3n) is 3.17. The highest BCUT2D eigenvalue weighted by Crippen LogP contribution is 2.26. The molecule has 0 aliphatic rings. The molecular weight excluding hydrogens is 338 g/mol. The van der Waals surface area contributed by atoms with Crippen LogP contribution in [0.1, 0.15) is 11.1 Å². The molecular formula is C17H19N5O4. The van der Waals surface area contributed by atoms with Gasteiger partial charge in [0, 0.05) is 0 Å². The monoisotopic (exact) mass is 357 g/mol. The Hall–Kier alpha value is -3.75. The number of hydrogen-bond acceptors (Lipinski definition) is 7. The SMILES string of the molecule is COc1ccc(/C=N/N=C(N)N/N=C/c2ccc(OC)c(O)c2)cc1O. The summed E-state index contributed by atoms with van der Waals surface area (Å²) in [7, 11) is 2.93. The topological polar surface area (TPSA) is 134 Å². The van der Waals surface area contributed by atoms with Gasteiger partial charge in [0.2, 0.25) is 5.96 Å². The van der Waals surface area contributed by atoms with E-state index in [1.54, 1.807) is 24.3 Å². The molecule has 0 radical (unpaired) electrons. The lowest BCUT2D eigenvalue weighted by molar-refractivity contribution is 0.373. The average Bonchev–Trinajstić information content (AvgIpc) is 2.62. The first kappa shape index (κ1) is 18.6. The van der Waals surface area contributed by atoms with Crippen molar-refractivity contribution in [2.45, 2.75) is 0 Å². The van der Waals surface area contributed by atoms with Gasteiger partial charge in [0.05, 0.1) is 26.6 Å². The summed E-state index contributed by atoms with van der Waals surface area (Å²) in [5, 5.41) is 30.8. The molecule has 0 atom stereocenters. The third-order valence-corrected chi connectivity index (χ3v) is 3.17. The van der Waals surface area contributed by atoms with Crippen LogP contribution < -0.4 is 20.6 Å². The number of methoxy groups -OCH3 is 2. The van der Waals surface area contributed by atoms with Crippen LogP contribution in [-0.2, 0) is 0 Å². The molecule has 0 bridgehead atoms. The van der Waals surface area contributed by atoms with Crippen molar-refractivity contribution in [3.63, 3.8) is 0 Å². The van der Waals surface area contributed by atoms with E-state index in [9.17, 15) is 10.2 Å². The molecule has 0 aromatic heterocycles. The molecule has 0 fully saturated rings. The van der Waals surface area contributed by atoms with E-state index in [2.05, 4.69) is 20.7 Å². The van der Waals surface area contributed by atoms with E-state index < -0.39 is 0 Å². The standard InChI is InChI=1S/C17H19N5O4/c1-25-15-5-3-11(7-13(15)23)9-19-21-17(18)22-20-10-12-4-6-16(26-2)14(24)8-12/h3-10,23-24H,1-2H3,(H3,18,21,22)/b19-9+,20-10+. The second kappa shape index (κ2) is 8.92. The number of aromatic hydroxyl groups is 2. The van der Waals surface area contributed by atoms with Gasteiger partial charge in [-0.25, -0.2) is 5.43 Å². The van der Waals surface area contributed by atoms with Crippen LogP contribution in [0.3, 0.4) is 0 Å². The largest absolute Gasteiger partial charge is 0.504 e. The smallest absolute Gasteiger partial charge is 0.234 e. The molecule has 2 aromatic carbocycles. The molecule has 0 amide bonds. The van der Waals surface area contributed by atoms with Gasteiger partial charge in [-0.05, 0) is 47.5 Å². The van der Waals surface area contributed by atoms with Crippen molar-refractivity contribution in [1.29, 1.82) is 0 Å². The van der Waals surface area contributed by atoms with Gasteiger partial charge in [-0.3, -0.25) is 0 Å². The Kier molecular flexibility index (Phi) is 6.38. The molecule has 136 valence electrons. The second-order valence-electron chi connectivity index (χ2n) is 4.96.